The molecule has 518 valence electrons. The minimum absolute atomic E-state index is 0.107. The third-order valence-electron chi connectivity index (χ3n) is 14.3. The molecule has 105 heavy (non-hydrogen) atoms. The summed E-state index contributed by atoms with van der Waals surface area (Å²) in [5.74, 6) is 2.01. The van der Waals surface area contributed by atoms with Crippen molar-refractivity contribution in [1.82, 2.24) is 121 Å². The molecule has 0 spiro atoms. The second-order valence-corrected chi connectivity index (χ2v) is 22.5. The largest absolute Gasteiger partial charge is 0.289 e. The highest BCUT2D eigenvalue weighted by molar-refractivity contribution is 6.33. The number of H-pyrrole nitrogens is 4. The van der Waals surface area contributed by atoms with Gasteiger partial charge < -0.3 is 0 Å². The molecular formula is C71H56ClFN28O4. The highest BCUT2D eigenvalue weighted by Crippen LogP contribution is 2.27. The van der Waals surface area contributed by atoms with E-state index in [0.29, 0.717) is 108 Å². The van der Waals surface area contributed by atoms with Gasteiger partial charge in [-0.05, 0) is 138 Å². The Labute approximate surface area is 599 Å². The van der Waals surface area contributed by atoms with Gasteiger partial charge in [0.15, 0.2) is 23.3 Å². The third kappa shape index (κ3) is 18.8. The van der Waals surface area contributed by atoms with Crippen LogP contribution in [-0.2, 0) is 0 Å². The maximum Gasteiger partial charge on any atom is 0.276 e. The standard InChI is InChI=1S/C20H17N7O.C19H14ClN7O.C19H14FN7O.C13H11N7O/c1-12-6-8-14(9-7-12)16-11-17(27-26-16)19(28)25-20-23-13(2)22-18(24-20)15-5-3-4-10-21-15;1-11-22-17(14-8-4-5-9-21-14)24-19(23-11)25-18(28)16-10-15(26-27-16)12-6-2-3-7-13(12)20;1-11-22-17(14-4-2-3-9-21-14)24-19(23-11)25-18(28)16-10-15(26-27-16)12-5-7-13(20)8-6-12;1-8-16-11(9-4-2-3-6-14-9)18-13(17-8)19-12(21)10-5-7-15-20-10/h3-11H,1-2H3,(H,26,27)(H,22,23,24,25,28);2*2-10H,1H3,(H,26,27)(H,22,23,24,25,28);2-7H,1H3,(H,15,20)(H,16,17,18,19,21). The summed E-state index contributed by atoms with van der Waals surface area (Å²) in [6, 6.07) is 49.1. The van der Waals surface area contributed by atoms with Crippen LogP contribution in [0, 0.1) is 40.4 Å². The summed E-state index contributed by atoms with van der Waals surface area (Å²) < 4.78 is 13.1. The molecule has 8 N–H and O–H groups in total. The predicted molar refractivity (Wildman–Crippen MR) is 383 cm³/mol. The quantitative estimate of drug-likeness (QED) is 0.0472. The van der Waals surface area contributed by atoms with E-state index in [9.17, 15) is 23.6 Å². The van der Waals surface area contributed by atoms with E-state index in [1.54, 1.807) is 137 Å². The Kier molecular flexibility index (Phi) is 22.0. The van der Waals surface area contributed by atoms with Gasteiger partial charge >= 0.3 is 0 Å². The molecule has 0 aliphatic rings. The third-order valence-corrected chi connectivity index (χ3v) is 14.6. The number of rotatable bonds is 15. The topological polar surface area (TPSA) is 437 Å². The number of anilines is 4. The van der Waals surface area contributed by atoms with Crippen LogP contribution in [0.25, 0.3) is 79.8 Å². The molecule has 0 saturated heterocycles. The van der Waals surface area contributed by atoms with Crippen LogP contribution in [0.3, 0.4) is 0 Å². The summed E-state index contributed by atoms with van der Waals surface area (Å²) in [5.41, 5.74) is 8.76. The summed E-state index contributed by atoms with van der Waals surface area (Å²) in [7, 11) is 0. The highest BCUT2D eigenvalue weighted by Gasteiger charge is 2.20. The van der Waals surface area contributed by atoms with Gasteiger partial charge in [-0.1, -0.05) is 83.9 Å². The van der Waals surface area contributed by atoms with Crippen LogP contribution in [0.2, 0.25) is 5.02 Å². The lowest BCUT2D eigenvalue weighted by Gasteiger charge is -2.05. The van der Waals surface area contributed by atoms with Crippen LogP contribution in [0.15, 0.2) is 201 Å². The summed E-state index contributed by atoms with van der Waals surface area (Å²) >= 11 is 6.18. The molecule has 12 heterocycles. The number of amides is 4. The normalized spacial score (nSPS) is 10.6. The van der Waals surface area contributed by atoms with Gasteiger partial charge in [0.25, 0.3) is 23.6 Å². The van der Waals surface area contributed by atoms with Crippen LogP contribution < -0.4 is 21.3 Å². The molecule has 0 aliphatic heterocycles. The zero-order valence-corrected chi connectivity index (χ0v) is 56.6. The molecule has 4 amide bonds. The van der Waals surface area contributed by atoms with Crippen LogP contribution >= 0.6 is 11.6 Å². The van der Waals surface area contributed by atoms with E-state index in [2.05, 4.69) is 142 Å². The first kappa shape index (κ1) is 70.1. The average Bonchev–Trinajstić information content (AvgIpc) is 1.80. The summed E-state index contributed by atoms with van der Waals surface area (Å²) in [5, 5.41) is 38.0. The Morgan fingerprint density at radius 3 is 1.01 bits per heavy atom. The molecule has 3 aromatic carbocycles. The molecule has 0 unspecified atom stereocenters. The smallest absolute Gasteiger partial charge is 0.276 e. The molecule has 15 aromatic rings. The maximum atomic E-state index is 13.1. The van der Waals surface area contributed by atoms with E-state index in [0.717, 1.165) is 16.7 Å². The SMILES string of the molecule is Cc1ccc(-c2cc(C(=O)Nc3nc(C)nc(-c4ccccn4)n3)[nH]n2)cc1.Cc1nc(NC(=O)c2cc(-c3ccc(F)cc3)n[nH]2)nc(-c2ccccn2)n1.Cc1nc(NC(=O)c2cc(-c3ccccc3Cl)n[nH]2)nc(-c2ccccn2)n1.Cc1nc(NC(=O)c2ccn[nH]2)nc(-c2ccccn2)n1. The Balaban J connectivity index is 0.000000132. The Bertz CT molecular complexity index is 5320. The van der Waals surface area contributed by atoms with Crippen LogP contribution in [-0.4, -0.2) is 144 Å². The van der Waals surface area contributed by atoms with Crippen LogP contribution in [0.1, 0.15) is 70.8 Å². The van der Waals surface area contributed by atoms with Gasteiger partial charge in [0.1, 0.15) is 74.7 Å². The monoisotopic (exact) mass is 1420 g/mol. The number of nitrogens with one attached hydrogen (secondary N) is 8. The Hall–Kier alpha value is -14.8. The first-order valence-corrected chi connectivity index (χ1v) is 31.9. The Morgan fingerprint density at radius 1 is 0.333 bits per heavy atom. The van der Waals surface area contributed by atoms with Crippen molar-refractivity contribution in [3.05, 3.63) is 263 Å². The minimum Gasteiger partial charge on any atom is -0.289 e. The number of hydrogen-bond donors (Lipinski definition) is 8. The molecule has 0 atom stereocenters. The molecule has 32 nitrogen and oxygen atoms in total. The van der Waals surface area contributed by atoms with Gasteiger partial charge in [0, 0.05) is 47.7 Å². The van der Waals surface area contributed by atoms with E-state index in [-0.39, 0.29) is 52.8 Å². The second-order valence-electron chi connectivity index (χ2n) is 22.1. The van der Waals surface area contributed by atoms with E-state index in [1.165, 1.54) is 18.3 Å². The number of hydrogen-bond acceptors (Lipinski definition) is 24. The van der Waals surface area contributed by atoms with Crippen LogP contribution in [0.4, 0.5) is 28.2 Å². The van der Waals surface area contributed by atoms with Gasteiger partial charge in [-0.2, -0.15) is 60.3 Å². The van der Waals surface area contributed by atoms with Crippen molar-refractivity contribution in [3.8, 4) is 79.8 Å². The van der Waals surface area contributed by atoms with Gasteiger partial charge in [-0.25, -0.2) is 24.3 Å². The summed E-state index contributed by atoms with van der Waals surface area (Å²) in [4.78, 5) is 117. The van der Waals surface area contributed by atoms with E-state index < -0.39 is 11.8 Å². The van der Waals surface area contributed by atoms with Crippen molar-refractivity contribution in [2.75, 3.05) is 21.3 Å². The average molecular weight is 1420 g/mol. The second kappa shape index (κ2) is 32.9. The lowest BCUT2D eigenvalue weighted by atomic mass is 10.1. The Morgan fingerprint density at radius 2 is 0.667 bits per heavy atom. The molecule has 0 bridgehead atoms. The van der Waals surface area contributed by atoms with E-state index >= 15 is 0 Å². The molecule has 15 rings (SSSR count). The maximum absolute atomic E-state index is 13.1. The fourth-order valence-electron chi connectivity index (χ4n) is 9.41. The predicted octanol–water partition coefficient (Wildman–Crippen LogP) is 11.0. The van der Waals surface area contributed by atoms with Gasteiger partial charge in [0.2, 0.25) is 23.8 Å². The van der Waals surface area contributed by atoms with Crippen molar-refractivity contribution in [2.45, 2.75) is 34.6 Å². The van der Waals surface area contributed by atoms with Crippen LogP contribution in [0.5, 0.6) is 0 Å². The lowest BCUT2D eigenvalue weighted by molar-refractivity contribution is 0.101. The number of nitrogens with zero attached hydrogens (tertiary/aromatic N) is 20. The fourth-order valence-corrected chi connectivity index (χ4v) is 9.64. The fraction of sp³-hybridized carbons (Fsp3) is 0.0704. The van der Waals surface area contributed by atoms with Crippen molar-refractivity contribution >= 4 is 59.0 Å². The summed E-state index contributed by atoms with van der Waals surface area (Å²) in [6.45, 7) is 8.89. The van der Waals surface area contributed by atoms with Gasteiger partial charge in [-0.3, -0.25) is 80.8 Å². The number of aromatic nitrogens is 24. The number of halogens is 2. The van der Waals surface area contributed by atoms with E-state index in [4.69, 9.17) is 11.6 Å². The molecular weight excluding hydrogens is 1360 g/mol. The number of benzene rings is 3. The van der Waals surface area contributed by atoms with Crippen molar-refractivity contribution < 1.29 is 23.6 Å². The zero-order chi connectivity index (χ0) is 73.2. The van der Waals surface area contributed by atoms with E-state index in [1.807, 2.05) is 79.7 Å². The van der Waals surface area contributed by atoms with Gasteiger partial charge in [0.05, 0.1) is 22.1 Å². The number of aryl methyl sites for hydroxylation is 5. The number of aromatic amines is 4. The first-order chi connectivity index (χ1) is 51.0. The van der Waals surface area contributed by atoms with Crippen molar-refractivity contribution in [3.63, 3.8) is 0 Å². The highest BCUT2D eigenvalue weighted by atomic mass is 35.5. The number of pyridine rings is 4. The minimum atomic E-state index is -0.460. The molecule has 0 aliphatic carbocycles. The molecule has 0 radical (unpaired) electrons. The molecule has 0 fully saturated rings. The first-order valence-electron chi connectivity index (χ1n) is 31.5. The summed E-state index contributed by atoms with van der Waals surface area (Å²) in [6.07, 6.45) is 8.08. The molecule has 34 heteroatoms. The van der Waals surface area contributed by atoms with Gasteiger partial charge in [-0.15, -0.1) is 0 Å². The van der Waals surface area contributed by atoms with Crippen molar-refractivity contribution in [2.24, 2.45) is 0 Å². The number of carbonyl (C=O) groups is 4. The number of carbonyl (C=O) groups excluding carboxylic acids is 4. The lowest BCUT2D eigenvalue weighted by Crippen LogP contribution is -2.16. The molecule has 12 aromatic heterocycles. The zero-order valence-electron chi connectivity index (χ0n) is 55.9. The molecule has 0 saturated carbocycles. The van der Waals surface area contributed by atoms with Crippen molar-refractivity contribution in [1.29, 1.82) is 0 Å².